The van der Waals surface area contributed by atoms with Crippen LogP contribution in [0.4, 0.5) is 0 Å². The van der Waals surface area contributed by atoms with E-state index >= 15 is 0 Å². The minimum atomic E-state index is -1.22. The summed E-state index contributed by atoms with van der Waals surface area (Å²) in [5.41, 5.74) is 2.81. The van der Waals surface area contributed by atoms with Crippen molar-refractivity contribution >= 4 is 5.97 Å². The van der Waals surface area contributed by atoms with Crippen molar-refractivity contribution in [2.75, 3.05) is 40.6 Å². The number of nitrogens with zero attached hydrogens (tertiary/aromatic N) is 1. The van der Waals surface area contributed by atoms with Crippen LogP contribution in [0.1, 0.15) is 39.9 Å². The molecule has 2 aromatic rings. The molecule has 0 radical (unpaired) electrons. The highest BCUT2D eigenvalue weighted by Gasteiger charge is 2.37. The van der Waals surface area contributed by atoms with Crippen LogP contribution in [0, 0.1) is 0 Å². The quantitative estimate of drug-likeness (QED) is 0.694. The van der Waals surface area contributed by atoms with Gasteiger partial charge in [-0.3, -0.25) is 4.79 Å². The van der Waals surface area contributed by atoms with Gasteiger partial charge in [0.25, 0.3) is 0 Å². The van der Waals surface area contributed by atoms with Crippen LogP contribution in [0.5, 0.6) is 5.75 Å². The Hall–Kier alpha value is -2.68. The maximum Gasteiger partial charge on any atom is 0.341 e. The van der Waals surface area contributed by atoms with E-state index in [1.54, 1.807) is 14.2 Å². The lowest BCUT2D eigenvalue weighted by atomic mass is 9.80. The third kappa shape index (κ3) is 3.62. The molecule has 0 bridgehead atoms. The van der Waals surface area contributed by atoms with Crippen molar-refractivity contribution in [2.24, 2.45) is 0 Å². The molecule has 160 valence electrons. The molecule has 1 saturated heterocycles. The lowest BCUT2D eigenvalue weighted by Gasteiger charge is -2.40. The second kappa shape index (κ2) is 8.59. The Bertz CT molecular complexity index is 1010. The van der Waals surface area contributed by atoms with Crippen LogP contribution in [0.3, 0.4) is 0 Å². The zero-order valence-corrected chi connectivity index (χ0v) is 17.1. The monoisotopic (exact) mass is 415 g/mol. The van der Waals surface area contributed by atoms with E-state index in [0.717, 1.165) is 23.1 Å². The lowest BCUT2D eigenvalue weighted by molar-refractivity contribution is 0.0484. The van der Waals surface area contributed by atoms with Gasteiger partial charge in [-0.15, -0.1) is 0 Å². The minimum absolute atomic E-state index is 0.0237. The second-order valence-electron chi connectivity index (χ2n) is 7.48. The number of pyridine rings is 1. The van der Waals surface area contributed by atoms with Crippen molar-refractivity contribution in [1.29, 1.82) is 0 Å². The van der Waals surface area contributed by atoms with Crippen LogP contribution in [0.2, 0.25) is 0 Å². The molecule has 0 saturated carbocycles. The zero-order valence-electron chi connectivity index (χ0n) is 17.1. The largest absolute Gasteiger partial charge is 0.496 e. The molecule has 1 aromatic carbocycles. The van der Waals surface area contributed by atoms with Crippen LogP contribution in [0.25, 0.3) is 11.3 Å². The Morgan fingerprint density at radius 1 is 1.27 bits per heavy atom. The maximum absolute atomic E-state index is 12.4. The van der Waals surface area contributed by atoms with Crippen molar-refractivity contribution in [3.8, 4) is 17.0 Å². The Kier molecular flexibility index (Phi) is 5.90. The first-order valence-corrected chi connectivity index (χ1v) is 9.90. The van der Waals surface area contributed by atoms with Crippen molar-refractivity contribution in [3.05, 3.63) is 51.3 Å². The van der Waals surface area contributed by atoms with Gasteiger partial charge in [-0.25, -0.2) is 4.79 Å². The van der Waals surface area contributed by atoms with Gasteiger partial charge in [0.15, 0.2) is 5.43 Å². The fourth-order valence-electron chi connectivity index (χ4n) is 4.36. The van der Waals surface area contributed by atoms with Gasteiger partial charge in [-0.1, -0.05) is 0 Å². The first-order valence-electron chi connectivity index (χ1n) is 9.90. The van der Waals surface area contributed by atoms with E-state index in [9.17, 15) is 14.7 Å². The van der Waals surface area contributed by atoms with E-state index in [-0.39, 0.29) is 17.5 Å². The Morgan fingerprint density at radius 3 is 2.83 bits per heavy atom. The van der Waals surface area contributed by atoms with Gasteiger partial charge in [0, 0.05) is 49.1 Å². The average molecular weight is 415 g/mol. The highest BCUT2D eigenvalue weighted by molar-refractivity contribution is 5.88. The SMILES string of the molecule is COCCOCc1cc2c(cc1OC)-c1cc(=O)c(C(=O)O)cn1[C@@H]1CCOC[C@H]21. The molecule has 8 heteroatoms. The molecule has 1 fully saturated rings. The minimum Gasteiger partial charge on any atom is -0.496 e. The topological polar surface area (TPSA) is 96.2 Å². The van der Waals surface area contributed by atoms with Crippen LogP contribution >= 0.6 is 0 Å². The predicted octanol–water partition coefficient (Wildman–Crippen LogP) is 2.44. The maximum atomic E-state index is 12.4. The molecular weight excluding hydrogens is 390 g/mol. The van der Waals surface area contributed by atoms with Crippen molar-refractivity contribution in [3.63, 3.8) is 0 Å². The number of carboxylic acids is 1. The number of carboxylic acid groups (broad SMARTS) is 1. The summed E-state index contributed by atoms with van der Waals surface area (Å²) in [6, 6.07) is 5.41. The summed E-state index contributed by atoms with van der Waals surface area (Å²) in [4.78, 5) is 24.0. The van der Waals surface area contributed by atoms with Gasteiger partial charge < -0.3 is 28.6 Å². The number of aromatic carboxylic acids is 1. The summed E-state index contributed by atoms with van der Waals surface area (Å²) in [6.45, 7) is 2.48. The van der Waals surface area contributed by atoms with E-state index in [1.807, 2.05) is 10.6 Å². The van der Waals surface area contributed by atoms with Gasteiger partial charge in [-0.2, -0.15) is 0 Å². The van der Waals surface area contributed by atoms with E-state index in [4.69, 9.17) is 18.9 Å². The van der Waals surface area contributed by atoms with Gasteiger partial charge in [0.2, 0.25) is 0 Å². The van der Waals surface area contributed by atoms with Gasteiger partial charge in [0.05, 0.1) is 39.2 Å². The fraction of sp³-hybridized carbons (Fsp3) is 0.455. The summed E-state index contributed by atoms with van der Waals surface area (Å²) >= 11 is 0. The number of methoxy groups -OCH3 is 2. The van der Waals surface area contributed by atoms with E-state index < -0.39 is 11.4 Å². The van der Waals surface area contributed by atoms with Crippen molar-refractivity contribution < 1.29 is 28.8 Å². The molecule has 1 N–H and O–H groups in total. The number of hydrogen-bond acceptors (Lipinski definition) is 6. The molecule has 4 rings (SSSR count). The first-order chi connectivity index (χ1) is 14.5. The van der Waals surface area contributed by atoms with E-state index in [0.29, 0.717) is 44.5 Å². The number of fused-ring (bicyclic) bond motifs is 6. The number of benzene rings is 1. The Balaban J connectivity index is 1.84. The number of carbonyl (C=O) groups is 1. The number of ether oxygens (including phenoxy) is 4. The normalized spacial score (nSPS) is 19.5. The van der Waals surface area contributed by atoms with Gasteiger partial charge in [-0.05, 0) is 24.1 Å². The van der Waals surface area contributed by atoms with Gasteiger partial charge in [0.1, 0.15) is 11.3 Å². The molecule has 2 aliphatic heterocycles. The molecular formula is C22H25NO7. The molecule has 0 amide bonds. The first kappa shape index (κ1) is 20.6. The smallest absolute Gasteiger partial charge is 0.341 e. The molecule has 3 heterocycles. The summed E-state index contributed by atoms with van der Waals surface area (Å²) in [7, 11) is 3.22. The summed E-state index contributed by atoms with van der Waals surface area (Å²) in [6.07, 6.45) is 2.21. The summed E-state index contributed by atoms with van der Waals surface area (Å²) in [5.74, 6) is -0.512. The predicted molar refractivity (Wildman–Crippen MR) is 108 cm³/mol. The van der Waals surface area contributed by atoms with Crippen LogP contribution < -0.4 is 10.2 Å². The van der Waals surface area contributed by atoms with Crippen LogP contribution in [-0.2, 0) is 20.8 Å². The highest BCUT2D eigenvalue weighted by atomic mass is 16.5. The zero-order chi connectivity index (χ0) is 21.3. The van der Waals surface area contributed by atoms with E-state index in [1.165, 1.54) is 12.3 Å². The Morgan fingerprint density at radius 2 is 2.10 bits per heavy atom. The number of aromatic nitrogens is 1. The highest BCUT2D eigenvalue weighted by Crippen LogP contribution is 2.47. The van der Waals surface area contributed by atoms with Crippen molar-refractivity contribution in [2.45, 2.75) is 25.0 Å². The van der Waals surface area contributed by atoms with Crippen LogP contribution in [0.15, 0.2) is 29.2 Å². The van der Waals surface area contributed by atoms with Crippen LogP contribution in [-0.4, -0.2) is 56.3 Å². The molecule has 1 aromatic heterocycles. The number of rotatable bonds is 7. The third-order valence-electron chi connectivity index (χ3n) is 5.80. The molecule has 2 atom stereocenters. The molecule has 0 aliphatic carbocycles. The molecule has 2 aliphatic rings. The number of hydrogen-bond donors (Lipinski definition) is 1. The molecule has 8 nitrogen and oxygen atoms in total. The van der Waals surface area contributed by atoms with Gasteiger partial charge >= 0.3 is 5.97 Å². The molecule has 0 unspecified atom stereocenters. The molecule has 0 spiro atoms. The second-order valence-corrected chi connectivity index (χ2v) is 7.48. The summed E-state index contributed by atoms with van der Waals surface area (Å²) in [5, 5.41) is 9.42. The third-order valence-corrected chi connectivity index (χ3v) is 5.80. The lowest BCUT2D eigenvalue weighted by Crippen LogP contribution is -2.34. The van der Waals surface area contributed by atoms with E-state index in [2.05, 4.69) is 6.07 Å². The molecule has 30 heavy (non-hydrogen) atoms. The summed E-state index contributed by atoms with van der Waals surface area (Å²) < 4.78 is 24.0. The van der Waals surface area contributed by atoms with Crippen molar-refractivity contribution in [1.82, 2.24) is 4.57 Å². The Labute approximate surface area is 173 Å². The average Bonchev–Trinajstić information content (AvgIpc) is 2.75. The fourth-order valence-corrected chi connectivity index (χ4v) is 4.36. The standard InChI is InChI=1S/C22H25NO7/c1-27-5-6-30-11-13-7-14-15(8-21(13)28-2)19-9-20(24)16(22(25)26)10-23(19)18-3-4-29-12-17(14)18/h7-10,17-18H,3-6,11-12H2,1-2H3,(H,25,26)/t17-,18-/m1/s1.